The van der Waals surface area contributed by atoms with Crippen molar-refractivity contribution in [3.8, 4) is 11.3 Å². The van der Waals surface area contributed by atoms with Crippen LogP contribution in [0.3, 0.4) is 0 Å². The van der Waals surface area contributed by atoms with Gasteiger partial charge in [-0.1, -0.05) is 31.3 Å². The highest BCUT2D eigenvalue weighted by molar-refractivity contribution is 7.21. The normalized spacial score (nSPS) is 11.6. The van der Waals surface area contributed by atoms with Gasteiger partial charge in [-0.15, -0.1) is 0 Å². The van der Waals surface area contributed by atoms with E-state index >= 15 is 0 Å². The predicted molar refractivity (Wildman–Crippen MR) is 121 cm³/mol. The molecule has 2 amide bonds. The summed E-state index contributed by atoms with van der Waals surface area (Å²) in [5.74, 6) is -0.0944. The molecule has 0 aliphatic rings. The molecule has 0 atom stereocenters. The van der Waals surface area contributed by atoms with Crippen LogP contribution in [0.1, 0.15) is 40.2 Å². The molecule has 3 aromatic rings. The summed E-state index contributed by atoms with van der Waals surface area (Å²) >= 11 is 1.29. The Labute approximate surface area is 179 Å². The summed E-state index contributed by atoms with van der Waals surface area (Å²) < 4.78 is 5.26. The van der Waals surface area contributed by atoms with Gasteiger partial charge in [-0.25, -0.2) is 14.8 Å². The molecule has 158 valence electrons. The Balaban J connectivity index is 1.81. The molecule has 0 radical (unpaired) electrons. The van der Waals surface area contributed by atoms with E-state index < -0.39 is 11.7 Å². The second-order valence-electron chi connectivity index (χ2n) is 8.34. The number of fused-ring (bicyclic) bond motifs is 1. The molecule has 2 N–H and O–H groups in total. The molecular formula is C22H26N4O3S. The molecule has 0 aliphatic carbocycles. The number of benzene rings is 1. The Morgan fingerprint density at radius 2 is 1.80 bits per heavy atom. The number of anilines is 2. The monoisotopic (exact) mass is 426 g/mol. The van der Waals surface area contributed by atoms with Crippen LogP contribution in [-0.4, -0.2) is 27.6 Å². The number of nitrogens with zero attached hydrogens (tertiary/aromatic N) is 2. The van der Waals surface area contributed by atoms with Gasteiger partial charge in [0.15, 0.2) is 5.13 Å². The summed E-state index contributed by atoms with van der Waals surface area (Å²) in [7, 11) is 0. The molecule has 0 saturated heterocycles. The molecule has 2 aromatic heterocycles. The Hall–Kier alpha value is -3.00. The average molecular weight is 427 g/mol. The molecule has 30 heavy (non-hydrogen) atoms. The van der Waals surface area contributed by atoms with E-state index in [4.69, 9.17) is 4.74 Å². The number of carbonyl (C=O) groups excluding carboxylic acids is 2. The van der Waals surface area contributed by atoms with Crippen molar-refractivity contribution in [1.82, 2.24) is 9.97 Å². The highest BCUT2D eigenvalue weighted by Crippen LogP contribution is 2.29. The average Bonchev–Trinajstić information content (AvgIpc) is 3.02. The van der Waals surface area contributed by atoms with Crippen LogP contribution in [0.5, 0.6) is 0 Å². The quantitative estimate of drug-likeness (QED) is 0.566. The number of ether oxygens (including phenoxy) is 1. The zero-order valence-electron chi connectivity index (χ0n) is 18.0. The minimum absolute atomic E-state index is 0.0138. The lowest BCUT2D eigenvalue weighted by Gasteiger charge is -2.18. The number of aromatic nitrogens is 2. The van der Waals surface area contributed by atoms with Gasteiger partial charge in [0.05, 0.1) is 5.69 Å². The van der Waals surface area contributed by atoms with Gasteiger partial charge in [0.2, 0.25) is 5.91 Å². The molecular weight excluding hydrogens is 400 g/mol. The zero-order valence-corrected chi connectivity index (χ0v) is 18.8. The molecule has 2 heterocycles. The highest BCUT2D eigenvalue weighted by atomic mass is 32.1. The van der Waals surface area contributed by atoms with Crippen molar-refractivity contribution in [1.29, 1.82) is 0 Å². The largest absolute Gasteiger partial charge is 0.444 e. The number of rotatable bonds is 4. The Morgan fingerprint density at radius 3 is 2.43 bits per heavy atom. The molecule has 3 rings (SSSR count). The molecule has 0 fully saturated rings. The van der Waals surface area contributed by atoms with Crippen LogP contribution < -0.4 is 10.6 Å². The van der Waals surface area contributed by atoms with E-state index in [1.54, 1.807) is 20.8 Å². The smallest absolute Gasteiger partial charge is 0.413 e. The van der Waals surface area contributed by atoms with Crippen molar-refractivity contribution in [2.75, 3.05) is 10.6 Å². The Bertz CT molecular complexity index is 1100. The first kappa shape index (κ1) is 21.7. The van der Waals surface area contributed by atoms with Crippen molar-refractivity contribution in [2.45, 2.75) is 47.1 Å². The number of aryl methyl sites for hydroxylation is 1. The number of thiazole rings is 1. The van der Waals surface area contributed by atoms with Crippen LogP contribution in [0.4, 0.5) is 15.6 Å². The SMILES string of the molecule is Cc1cc(-c2ccc3nc(NC(=O)OC(C)(C)C)sc3n2)ccc1NC(=O)C(C)C. The van der Waals surface area contributed by atoms with E-state index in [1.807, 2.05) is 51.1 Å². The van der Waals surface area contributed by atoms with Crippen molar-refractivity contribution < 1.29 is 14.3 Å². The van der Waals surface area contributed by atoms with E-state index in [0.717, 1.165) is 22.5 Å². The van der Waals surface area contributed by atoms with Gasteiger partial charge >= 0.3 is 6.09 Å². The van der Waals surface area contributed by atoms with Crippen molar-refractivity contribution in [2.24, 2.45) is 5.92 Å². The molecule has 0 bridgehead atoms. The number of carbonyl (C=O) groups is 2. The number of amides is 2. The van der Waals surface area contributed by atoms with Crippen molar-refractivity contribution in [3.05, 3.63) is 35.9 Å². The van der Waals surface area contributed by atoms with E-state index in [2.05, 4.69) is 20.6 Å². The number of hydrogen-bond acceptors (Lipinski definition) is 6. The fourth-order valence-electron chi connectivity index (χ4n) is 2.66. The highest BCUT2D eigenvalue weighted by Gasteiger charge is 2.18. The minimum atomic E-state index is -0.579. The van der Waals surface area contributed by atoms with E-state index in [0.29, 0.717) is 15.5 Å². The summed E-state index contributed by atoms with van der Waals surface area (Å²) in [5.41, 5.74) is 3.60. The second kappa shape index (κ2) is 8.39. The van der Waals surface area contributed by atoms with Gasteiger partial charge in [0.25, 0.3) is 0 Å². The summed E-state index contributed by atoms with van der Waals surface area (Å²) in [5, 5.41) is 6.03. The third-order valence-corrected chi connectivity index (χ3v) is 5.05. The summed E-state index contributed by atoms with van der Waals surface area (Å²) in [4.78, 5) is 33.7. The van der Waals surface area contributed by atoms with Crippen LogP contribution in [0.25, 0.3) is 21.6 Å². The first-order chi connectivity index (χ1) is 14.0. The fourth-order valence-corrected chi connectivity index (χ4v) is 3.49. The lowest BCUT2D eigenvalue weighted by Crippen LogP contribution is -2.27. The lowest BCUT2D eigenvalue weighted by atomic mass is 10.1. The van der Waals surface area contributed by atoms with E-state index in [9.17, 15) is 9.59 Å². The topological polar surface area (TPSA) is 93.2 Å². The lowest BCUT2D eigenvalue weighted by molar-refractivity contribution is -0.118. The van der Waals surface area contributed by atoms with Gasteiger partial charge < -0.3 is 10.1 Å². The standard InChI is InChI=1S/C22H26N4O3S/c1-12(2)18(27)23-15-8-7-14(11-13(15)3)16-9-10-17-19(24-16)30-20(25-17)26-21(28)29-22(4,5)6/h7-12H,1-6H3,(H,23,27)(H,25,26,28). The zero-order chi connectivity index (χ0) is 22.1. The minimum Gasteiger partial charge on any atom is -0.444 e. The molecule has 0 saturated carbocycles. The van der Waals surface area contributed by atoms with Gasteiger partial charge in [-0.2, -0.15) is 0 Å². The molecule has 0 spiro atoms. The van der Waals surface area contributed by atoms with E-state index in [-0.39, 0.29) is 11.8 Å². The van der Waals surface area contributed by atoms with Crippen molar-refractivity contribution in [3.63, 3.8) is 0 Å². The Morgan fingerprint density at radius 1 is 1.07 bits per heavy atom. The van der Waals surface area contributed by atoms with Crippen LogP contribution in [0.2, 0.25) is 0 Å². The summed E-state index contributed by atoms with van der Waals surface area (Å²) in [6.45, 7) is 11.1. The first-order valence-electron chi connectivity index (χ1n) is 9.71. The first-order valence-corrected chi connectivity index (χ1v) is 10.5. The van der Waals surface area contributed by atoms with Crippen molar-refractivity contribution >= 4 is 44.5 Å². The summed E-state index contributed by atoms with van der Waals surface area (Å²) in [6, 6.07) is 9.57. The van der Waals surface area contributed by atoms with Crippen LogP contribution >= 0.6 is 11.3 Å². The second-order valence-corrected chi connectivity index (χ2v) is 9.32. The molecule has 1 aromatic carbocycles. The maximum atomic E-state index is 12.0. The number of pyridine rings is 1. The molecule has 8 heteroatoms. The molecule has 7 nitrogen and oxygen atoms in total. The van der Waals surface area contributed by atoms with Crippen LogP contribution in [0.15, 0.2) is 30.3 Å². The fraction of sp³-hybridized carbons (Fsp3) is 0.364. The maximum absolute atomic E-state index is 12.0. The number of hydrogen-bond donors (Lipinski definition) is 2. The van der Waals surface area contributed by atoms with Gasteiger partial charge in [0.1, 0.15) is 15.9 Å². The van der Waals surface area contributed by atoms with Crippen LogP contribution in [-0.2, 0) is 9.53 Å². The van der Waals surface area contributed by atoms with E-state index in [1.165, 1.54) is 11.3 Å². The maximum Gasteiger partial charge on any atom is 0.413 e. The van der Waals surface area contributed by atoms with Gasteiger partial charge in [-0.3, -0.25) is 10.1 Å². The third-order valence-electron chi connectivity index (χ3n) is 4.17. The third kappa shape index (κ3) is 5.33. The number of nitrogens with one attached hydrogen (secondary N) is 2. The molecule has 0 unspecified atom stereocenters. The molecule has 0 aliphatic heterocycles. The van der Waals surface area contributed by atoms with Gasteiger partial charge in [0, 0.05) is 17.2 Å². The summed E-state index contributed by atoms with van der Waals surface area (Å²) in [6.07, 6.45) is -0.545. The van der Waals surface area contributed by atoms with Crippen LogP contribution in [0, 0.1) is 12.8 Å². The predicted octanol–water partition coefficient (Wildman–Crippen LogP) is 5.61. The Kier molecular flexibility index (Phi) is 6.07. The van der Waals surface area contributed by atoms with Gasteiger partial charge in [-0.05, 0) is 57.5 Å².